The number of carbonyl (C=O) groups excluding carboxylic acids is 1. The number of hydrogen-bond acceptors (Lipinski definition) is 7. The number of methoxy groups -OCH3 is 2. The maximum atomic E-state index is 13.8. The molecule has 5 rings (SSSR count). The maximum Gasteiger partial charge on any atom is 0.280 e. The third-order valence-corrected chi connectivity index (χ3v) is 6.45. The van der Waals surface area contributed by atoms with Crippen LogP contribution in [0.3, 0.4) is 0 Å². The molecule has 4 aromatic carbocycles. The van der Waals surface area contributed by atoms with E-state index in [0.717, 1.165) is 21.5 Å². The van der Waals surface area contributed by atoms with Gasteiger partial charge >= 0.3 is 0 Å². The summed E-state index contributed by atoms with van der Waals surface area (Å²) in [5.74, 6) is 2.34. The fraction of sp³-hybridized carbons (Fsp3) is 0.0690. The molecule has 0 aliphatic carbocycles. The Morgan fingerprint density at radius 1 is 0.811 bits per heavy atom. The largest absolute Gasteiger partial charge is 0.497 e. The smallest absolute Gasteiger partial charge is 0.280 e. The number of fused-ring (bicyclic) bond motifs is 1. The average molecular weight is 510 g/mol. The Balaban J connectivity index is 1.50. The van der Waals surface area contributed by atoms with Crippen LogP contribution in [0.1, 0.15) is 15.9 Å². The lowest BCUT2D eigenvalue weighted by Gasteiger charge is -2.15. The molecule has 1 aromatic heterocycles. The van der Waals surface area contributed by atoms with Gasteiger partial charge in [-0.25, -0.2) is 4.98 Å². The Morgan fingerprint density at radius 3 is 2.30 bits per heavy atom. The molecule has 0 aliphatic rings. The minimum absolute atomic E-state index is 0.339. The first-order valence-electron chi connectivity index (χ1n) is 11.4. The zero-order valence-electron chi connectivity index (χ0n) is 20.2. The second-order valence-corrected chi connectivity index (χ2v) is 8.92. The number of rotatable bonds is 8. The minimum Gasteiger partial charge on any atom is -0.497 e. The van der Waals surface area contributed by atoms with Gasteiger partial charge in [-0.3, -0.25) is 4.79 Å². The molecular formula is C29H23N3O4S. The molecule has 37 heavy (non-hydrogen) atoms. The van der Waals surface area contributed by atoms with Crippen LogP contribution in [0.15, 0.2) is 102 Å². The molecule has 8 heteroatoms. The van der Waals surface area contributed by atoms with Gasteiger partial charge in [0.2, 0.25) is 5.13 Å². The zero-order valence-corrected chi connectivity index (χ0v) is 21.0. The number of nitrogens with zero attached hydrogens (tertiary/aromatic N) is 3. The Hall–Kier alpha value is -4.69. The first kappa shape index (κ1) is 24.0. The SMILES string of the molecule is COc1ccc(/C=N/N(C(=O)c2cccc(Oc3ccccc3)c2)c2nc3ccc(OC)cc3s2)cc1. The third-order valence-electron chi connectivity index (χ3n) is 5.46. The Labute approximate surface area is 218 Å². The molecule has 0 atom stereocenters. The summed E-state index contributed by atoms with van der Waals surface area (Å²) in [5.41, 5.74) is 1.97. The third kappa shape index (κ3) is 5.60. The van der Waals surface area contributed by atoms with Crippen LogP contribution in [0.4, 0.5) is 5.13 Å². The van der Waals surface area contributed by atoms with Gasteiger partial charge in [-0.2, -0.15) is 10.1 Å². The highest BCUT2D eigenvalue weighted by Crippen LogP contribution is 2.33. The van der Waals surface area contributed by atoms with Crippen molar-refractivity contribution in [3.8, 4) is 23.0 Å². The minimum atomic E-state index is -0.339. The number of hydrogen-bond donors (Lipinski definition) is 0. The van der Waals surface area contributed by atoms with E-state index in [1.165, 1.54) is 16.3 Å². The van der Waals surface area contributed by atoms with E-state index >= 15 is 0 Å². The number of anilines is 1. The topological polar surface area (TPSA) is 73.2 Å². The number of carbonyl (C=O) groups is 1. The molecule has 7 nitrogen and oxygen atoms in total. The predicted octanol–water partition coefficient (Wildman–Crippen LogP) is 6.79. The van der Waals surface area contributed by atoms with Crippen molar-refractivity contribution in [3.05, 3.63) is 108 Å². The molecule has 5 aromatic rings. The number of para-hydroxylation sites is 1. The Kier molecular flexibility index (Phi) is 7.09. The lowest BCUT2D eigenvalue weighted by molar-refractivity contribution is 0.0987. The second-order valence-electron chi connectivity index (χ2n) is 7.91. The molecule has 0 aliphatic heterocycles. The van der Waals surface area contributed by atoms with Crippen molar-refractivity contribution < 1.29 is 19.0 Å². The molecule has 0 bridgehead atoms. The van der Waals surface area contributed by atoms with Crippen LogP contribution < -0.4 is 19.2 Å². The summed E-state index contributed by atoms with van der Waals surface area (Å²) >= 11 is 1.35. The van der Waals surface area contributed by atoms with Crippen molar-refractivity contribution in [2.24, 2.45) is 5.10 Å². The number of aromatic nitrogens is 1. The van der Waals surface area contributed by atoms with Crippen molar-refractivity contribution in [3.63, 3.8) is 0 Å². The van der Waals surface area contributed by atoms with E-state index in [9.17, 15) is 4.79 Å². The summed E-state index contributed by atoms with van der Waals surface area (Å²) in [4.78, 5) is 18.4. The van der Waals surface area contributed by atoms with Crippen LogP contribution >= 0.6 is 11.3 Å². The summed E-state index contributed by atoms with van der Waals surface area (Å²) < 4.78 is 17.4. The Bertz CT molecular complexity index is 1550. The highest BCUT2D eigenvalue weighted by molar-refractivity contribution is 7.22. The van der Waals surface area contributed by atoms with Gasteiger partial charge in [0.25, 0.3) is 5.91 Å². The first-order valence-corrected chi connectivity index (χ1v) is 12.2. The monoisotopic (exact) mass is 509 g/mol. The fourth-order valence-electron chi connectivity index (χ4n) is 3.55. The van der Waals surface area contributed by atoms with Crippen LogP contribution in [-0.2, 0) is 0 Å². The normalized spacial score (nSPS) is 11.0. The van der Waals surface area contributed by atoms with Gasteiger partial charge in [-0.05, 0) is 78.4 Å². The van der Waals surface area contributed by atoms with Crippen molar-refractivity contribution in [2.75, 3.05) is 19.2 Å². The van der Waals surface area contributed by atoms with Gasteiger partial charge in [0, 0.05) is 5.56 Å². The molecule has 0 radical (unpaired) electrons. The van der Waals surface area contributed by atoms with Crippen LogP contribution in [0.2, 0.25) is 0 Å². The number of benzene rings is 4. The van der Waals surface area contributed by atoms with Gasteiger partial charge < -0.3 is 14.2 Å². The molecule has 0 N–H and O–H groups in total. The van der Waals surface area contributed by atoms with Gasteiger partial charge in [-0.1, -0.05) is 35.6 Å². The van der Waals surface area contributed by atoms with E-state index in [4.69, 9.17) is 14.2 Å². The van der Waals surface area contributed by atoms with Crippen LogP contribution in [0.25, 0.3) is 10.2 Å². The summed E-state index contributed by atoms with van der Waals surface area (Å²) in [7, 11) is 3.23. The first-order chi connectivity index (χ1) is 18.1. The maximum absolute atomic E-state index is 13.8. The molecule has 0 fully saturated rings. The van der Waals surface area contributed by atoms with E-state index in [-0.39, 0.29) is 5.91 Å². The molecule has 1 heterocycles. The highest BCUT2D eigenvalue weighted by atomic mass is 32.1. The van der Waals surface area contributed by atoms with Crippen molar-refractivity contribution >= 4 is 38.8 Å². The van der Waals surface area contributed by atoms with Crippen molar-refractivity contribution in [2.45, 2.75) is 0 Å². The standard InChI is InChI=1S/C29H23N3O4S/c1-34-22-13-11-20(12-14-22)19-30-32(29-31-26-16-15-24(35-2)18-27(26)37-29)28(33)21-7-6-10-25(17-21)36-23-8-4-3-5-9-23/h3-19H,1-2H3/b30-19+. The quantitative estimate of drug-likeness (QED) is 0.170. The zero-order chi connectivity index (χ0) is 25.6. The molecule has 184 valence electrons. The van der Waals surface area contributed by atoms with E-state index in [2.05, 4.69) is 10.1 Å². The van der Waals surface area contributed by atoms with Gasteiger partial charge in [-0.15, -0.1) is 0 Å². The van der Waals surface area contributed by atoms with Gasteiger partial charge in [0.1, 0.15) is 23.0 Å². The molecule has 0 unspecified atom stereocenters. The van der Waals surface area contributed by atoms with Crippen LogP contribution in [-0.4, -0.2) is 31.3 Å². The summed E-state index contributed by atoms with van der Waals surface area (Å²) in [6.45, 7) is 0. The number of hydrazone groups is 1. The second kappa shape index (κ2) is 10.9. The number of amides is 1. The molecule has 0 spiro atoms. The lowest BCUT2D eigenvalue weighted by atomic mass is 10.2. The summed E-state index contributed by atoms with van der Waals surface area (Å²) in [6, 6.07) is 29.4. The molecule has 0 saturated heterocycles. The lowest BCUT2D eigenvalue weighted by Crippen LogP contribution is -2.25. The van der Waals surface area contributed by atoms with Crippen molar-refractivity contribution in [1.29, 1.82) is 0 Å². The summed E-state index contributed by atoms with van der Waals surface area (Å²) in [6.07, 6.45) is 1.62. The Morgan fingerprint density at radius 2 is 1.54 bits per heavy atom. The van der Waals surface area contributed by atoms with Crippen LogP contribution in [0.5, 0.6) is 23.0 Å². The molecular weight excluding hydrogens is 486 g/mol. The fourth-order valence-corrected chi connectivity index (χ4v) is 4.50. The number of ether oxygens (including phenoxy) is 3. The predicted molar refractivity (Wildman–Crippen MR) is 147 cm³/mol. The van der Waals surface area contributed by atoms with E-state index in [1.807, 2.05) is 72.8 Å². The van der Waals surface area contributed by atoms with Crippen molar-refractivity contribution in [1.82, 2.24) is 4.98 Å². The molecule has 1 amide bonds. The summed E-state index contributed by atoms with van der Waals surface area (Å²) in [5, 5.41) is 6.29. The van der Waals surface area contributed by atoms with E-state index in [1.54, 1.807) is 44.7 Å². The van der Waals surface area contributed by atoms with Gasteiger partial charge in [0.15, 0.2) is 0 Å². The highest BCUT2D eigenvalue weighted by Gasteiger charge is 2.22. The van der Waals surface area contributed by atoms with Crippen LogP contribution in [0, 0.1) is 0 Å². The van der Waals surface area contributed by atoms with Gasteiger partial charge in [0.05, 0.1) is 30.7 Å². The number of thiazole rings is 1. The average Bonchev–Trinajstić information content (AvgIpc) is 3.37. The van der Waals surface area contributed by atoms with E-state index in [0.29, 0.717) is 27.9 Å². The van der Waals surface area contributed by atoms with E-state index < -0.39 is 0 Å². The molecule has 0 saturated carbocycles.